The van der Waals surface area contributed by atoms with Gasteiger partial charge in [-0.2, -0.15) is 0 Å². The Labute approximate surface area is 114 Å². The summed E-state index contributed by atoms with van der Waals surface area (Å²) in [6, 6.07) is 0. The lowest BCUT2D eigenvalue weighted by atomic mass is 9.75. The number of carboxylic acids is 1. The Bertz CT molecular complexity index is 379. The zero-order chi connectivity index (χ0) is 14.2. The van der Waals surface area contributed by atoms with Crippen LogP contribution in [0.15, 0.2) is 0 Å². The van der Waals surface area contributed by atoms with Crippen LogP contribution in [-0.2, 0) is 9.59 Å². The highest BCUT2D eigenvalue weighted by atomic mass is 16.4. The number of hydrogen-bond donors (Lipinski definition) is 2. The molecule has 0 radical (unpaired) electrons. The fraction of sp³-hybridized carbons (Fsp3) is 0.857. The largest absolute Gasteiger partial charge is 0.481 e. The maximum absolute atomic E-state index is 12.4. The van der Waals surface area contributed by atoms with Crippen LogP contribution < -0.4 is 5.73 Å². The third-order valence-electron chi connectivity index (χ3n) is 4.75. The summed E-state index contributed by atoms with van der Waals surface area (Å²) in [5, 5.41) is 8.95. The molecule has 1 aliphatic heterocycles. The number of rotatable bonds is 3. The Morgan fingerprint density at radius 2 is 2.05 bits per heavy atom. The van der Waals surface area contributed by atoms with Gasteiger partial charge in [0.25, 0.3) is 0 Å². The molecule has 0 aromatic rings. The molecule has 0 aromatic carbocycles. The van der Waals surface area contributed by atoms with E-state index in [4.69, 9.17) is 10.8 Å². The van der Waals surface area contributed by atoms with Gasteiger partial charge in [-0.25, -0.2) is 0 Å². The minimum absolute atomic E-state index is 0.0212. The first-order chi connectivity index (χ1) is 8.83. The minimum Gasteiger partial charge on any atom is -0.481 e. The Morgan fingerprint density at radius 1 is 1.42 bits per heavy atom. The quantitative estimate of drug-likeness (QED) is 0.802. The van der Waals surface area contributed by atoms with Crippen molar-refractivity contribution in [2.24, 2.45) is 23.5 Å². The van der Waals surface area contributed by atoms with Gasteiger partial charge < -0.3 is 15.7 Å². The second-order valence-corrected chi connectivity index (χ2v) is 6.45. The molecule has 1 aliphatic carbocycles. The topological polar surface area (TPSA) is 83.6 Å². The van der Waals surface area contributed by atoms with E-state index < -0.39 is 11.5 Å². The first kappa shape index (κ1) is 14.3. The van der Waals surface area contributed by atoms with Crippen LogP contribution in [0.25, 0.3) is 0 Å². The van der Waals surface area contributed by atoms with Crippen molar-refractivity contribution >= 4 is 11.9 Å². The summed E-state index contributed by atoms with van der Waals surface area (Å²) in [6.45, 7) is 4.93. The van der Waals surface area contributed by atoms with Crippen LogP contribution in [0.3, 0.4) is 0 Å². The number of likely N-dealkylation sites (tertiary alicyclic amines) is 1. The van der Waals surface area contributed by atoms with Crippen molar-refractivity contribution in [3.05, 3.63) is 0 Å². The van der Waals surface area contributed by atoms with Crippen LogP contribution in [0, 0.1) is 17.8 Å². The number of carbonyl (C=O) groups is 2. The van der Waals surface area contributed by atoms with Gasteiger partial charge in [-0.3, -0.25) is 9.59 Å². The zero-order valence-corrected chi connectivity index (χ0v) is 11.8. The zero-order valence-electron chi connectivity index (χ0n) is 11.8. The Balaban J connectivity index is 1.90. The van der Waals surface area contributed by atoms with Gasteiger partial charge in [-0.1, -0.05) is 26.7 Å². The summed E-state index contributed by atoms with van der Waals surface area (Å²) < 4.78 is 0. The van der Waals surface area contributed by atoms with Crippen molar-refractivity contribution in [1.29, 1.82) is 0 Å². The van der Waals surface area contributed by atoms with Gasteiger partial charge in [0.05, 0.1) is 11.5 Å². The first-order valence-electron chi connectivity index (χ1n) is 7.14. The van der Waals surface area contributed by atoms with E-state index >= 15 is 0 Å². The molecule has 5 heteroatoms. The first-order valence-corrected chi connectivity index (χ1v) is 7.14. The molecule has 19 heavy (non-hydrogen) atoms. The molecule has 5 nitrogen and oxygen atoms in total. The van der Waals surface area contributed by atoms with Crippen LogP contribution in [0.2, 0.25) is 0 Å². The molecule has 3 unspecified atom stereocenters. The molecule has 2 fully saturated rings. The van der Waals surface area contributed by atoms with Crippen molar-refractivity contribution in [1.82, 2.24) is 4.90 Å². The molecule has 108 valence electrons. The highest BCUT2D eigenvalue weighted by molar-refractivity contribution is 5.87. The third kappa shape index (κ3) is 2.76. The number of nitrogens with zero attached hydrogens (tertiary/aromatic N) is 1. The maximum Gasteiger partial charge on any atom is 0.306 e. The molecule has 0 aromatic heterocycles. The van der Waals surface area contributed by atoms with Crippen molar-refractivity contribution in [2.75, 3.05) is 13.1 Å². The van der Waals surface area contributed by atoms with Gasteiger partial charge in [-0.15, -0.1) is 0 Å². The summed E-state index contributed by atoms with van der Waals surface area (Å²) in [6.07, 6.45) is 3.66. The SMILES string of the molecule is CC1CCCC(N)(C(=O)N2CC(C(C)C(=O)O)C2)C1. The number of aliphatic carboxylic acids is 1. The molecule has 2 aliphatic rings. The number of hydrogen-bond acceptors (Lipinski definition) is 3. The molecule has 3 atom stereocenters. The van der Waals surface area contributed by atoms with Crippen molar-refractivity contribution in [2.45, 2.75) is 45.1 Å². The van der Waals surface area contributed by atoms with Gasteiger partial charge in [0.1, 0.15) is 0 Å². The average Bonchev–Trinajstić information content (AvgIpc) is 2.26. The standard InChI is InChI=1S/C14H24N2O3/c1-9-4-3-5-14(15,6-9)13(19)16-7-11(8-16)10(2)12(17)18/h9-11H,3-8,15H2,1-2H3,(H,17,18). The van der Waals surface area contributed by atoms with Gasteiger partial charge in [0.2, 0.25) is 5.91 Å². The van der Waals surface area contributed by atoms with E-state index in [0.29, 0.717) is 19.0 Å². The molecule has 0 bridgehead atoms. The minimum atomic E-state index is -0.786. The van der Waals surface area contributed by atoms with Crippen LogP contribution >= 0.6 is 0 Å². The molecular formula is C14H24N2O3. The van der Waals surface area contributed by atoms with E-state index in [0.717, 1.165) is 25.7 Å². The number of nitrogens with two attached hydrogens (primary N) is 1. The van der Waals surface area contributed by atoms with Crippen molar-refractivity contribution in [3.8, 4) is 0 Å². The normalized spacial score (nSPS) is 33.6. The number of amides is 1. The van der Waals surface area contributed by atoms with Crippen molar-refractivity contribution < 1.29 is 14.7 Å². The van der Waals surface area contributed by atoms with E-state index in [2.05, 4.69) is 6.92 Å². The molecular weight excluding hydrogens is 244 g/mol. The van der Waals surface area contributed by atoms with Gasteiger partial charge in [0, 0.05) is 19.0 Å². The molecule has 1 heterocycles. The van der Waals surface area contributed by atoms with Crippen LogP contribution in [0.5, 0.6) is 0 Å². The molecule has 1 saturated heterocycles. The molecule has 3 N–H and O–H groups in total. The van der Waals surface area contributed by atoms with Gasteiger partial charge >= 0.3 is 5.97 Å². The number of carboxylic acid groups (broad SMARTS) is 1. The predicted octanol–water partition coefficient (Wildman–Crippen LogP) is 1.07. The highest BCUT2D eigenvalue weighted by Gasteiger charge is 2.45. The second kappa shape index (κ2) is 5.12. The molecule has 1 amide bonds. The monoisotopic (exact) mass is 268 g/mol. The van der Waals surface area contributed by atoms with E-state index in [1.807, 2.05) is 0 Å². The van der Waals surface area contributed by atoms with E-state index in [1.165, 1.54) is 0 Å². The lowest BCUT2D eigenvalue weighted by molar-refractivity contribution is -0.154. The van der Waals surface area contributed by atoms with Crippen LogP contribution in [0.4, 0.5) is 0 Å². The van der Waals surface area contributed by atoms with Gasteiger partial charge in [-0.05, 0) is 18.8 Å². The lowest BCUT2D eigenvalue weighted by Crippen LogP contribution is -2.63. The third-order valence-corrected chi connectivity index (χ3v) is 4.75. The number of carbonyl (C=O) groups excluding carboxylic acids is 1. The molecule has 0 spiro atoms. The van der Waals surface area contributed by atoms with E-state index in [1.54, 1.807) is 11.8 Å². The van der Waals surface area contributed by atoms with Crippen molar-refractivity contribution in [3.63, 3.8) is 0 Å². The smallest absolute Gasteiger partial charge is 0.306 e. The summed E-state index contributed by atoms with van der Waals surface area (Å²) >= 11 is 0. The maximum atomic E-state index is 12.4. The Hall–Kier alpha value is -1.10. The van der Waals surface area contributed by atoms with Gasteiger partial charge in [0.15, 0.2) is 0 Å². The molecule has 2 rings (SSSR count). The fourth-order valence-electron chi connectivity index (χ4n) is 3.30. The summed E-state index contributed by atoms with van der Waals surface area (Å²) in [5.74, 6) is -0.578. The Morgan fingerprint density at radius 3 is 2.58 bits per heavy atom. The second-order valence-electron chi connectivity index (χ2n) is 6.45. The average molecular weight is 268 g/mol. The molecule has 1 saturated carbocycles. The fourth-order valence-corrected chi connectivity index (χ4v) is 3.30. The summed E-state index contributed by atoms with van der Waals surface area (Å²) in [4.78, 5) is 25.1. The van der Waals surface area contributed by atoms with E-state index in [-0.39, 0.29) is 17.7 Å². The summed E-state index contributed by atoms with van der Waals surface area (Å²) in [7, 11) is 0. The summed E-state index contributed by atoms with van der Waals surface area (Å²) in [5.41, 5.74) is 5.56. The predicted molar refractivity (Wildman–Crippen MR) is 71.4 cm³/mol. The Kier molecular flexibility index (Phi) is 3.85. The lowest BCUT2D eigenvalue weighted by Gasteiger charge is -2.47. The van der Waals surface area contributed by atoms with E-state index in [9.17, 15) is 9.59 Å². The van der Waals surface area contributed by atoms with Crippen LogP contribution in [-0.4, -0.2) is 40.5 Å². The van der Waals surface area contributed by atoms with Crippen LogP contribution in [0.1, 0.15) is 39.5 Å². The highest BCUT2D eigenvalue weighted by Crippen LogP contribution is 2.34.